The van der Waals surface area contributed by atoms with Crippen LogP contribution in [0.4, 0.5) is 10.1 Å². The molecule has 0 aliphatic rings. The Balaban J connectivity index is 1.90. The first-order chi connectivity index (χ1) is 15.2. The largest absolute Gasteiger partial charge is 0.496 e. The molecule has 1 amide bonds. The smallest absolute Gasteiger partial charge is 0.243 e. The SMILES string of the molecule is COc1ccc(S(=O)(=O)N(CC(=O)Nc2ccc(Br)cc2F)Cc2ccccc2)cc1C. The highest BCUT2D eigenvalue weighted by Gasteiger charge is 2.28. The summed E-state index contributed by atoms with van der Waals surface area (Å²) in [5, 5.41) is 2.45. The Labute approximate surface area is 195 Å². The number of benzene rings is 3. The first-order valence-electron chi connectivity index (χ1n) is 9.64. The van der Waals surface area contributed by atoms with Gasteiger partial charge < -0.3 is 10.1 Å². The van der Waals surface area contributed by atoms with Gasteiger partial charge in [0.2, 0.25) is 15.9 Å². The van der Waals surface area contributed by atoms with Crippen LogP contribution in [-0.2, 0) is 21.4 Å². The summed E-state index contributed by atoms with van der Waals surface area (Å²) in [6, 6.07) is 17.6. The van der Waals surface area contributed by atoms with Gasteiger partial charge in [-0.05, 0) is 54.4 Å². The van der Waals surface area contributed by atoms with Gasteiger partial charge in [-0.1, -0.05) is 46.3 Å². The maximum absolute atomic E-state index is 14.1. The maximum Gasteiger partial charge on any atom is 0.243 e. The van der Waals surface area contributed by atoms with E-state index in [1.165, 1.54) is 31.4 Å². The molecular weight excluding hydrogens is 499 g/mol. The van der Waals surface area contributed by atoms with Crippen molar-refractivity contribution in [3.05, 3.63) is 88.1 Å². The van der Waals surface area contributed by atoms with Gasteiger partial charge in [-0.15, -0.1) is 0 Å². The second kappa shape index (κ2) is 10.2. The summed E-state index contributed by atoms with van der Waals surface area (Å²) in [6.45, 7) is 1.23. The first-order valence-corrected chi connectivity index (χ1v) is 11.9. The molecule has 0 spiro atoms. The fraction of sp³-hybridized carbons (Fsp3) is 0.174. The van der Waals surface area contributed by atoms with Gasteiger partial charge in [-0.3, -0.25) is 4.79 Å². The average molecular weight is 521 g/mol. The lowest BCUT2D eigenvalue weighted by Gasteiger charge is -2.22. The van der Waals surface area contributed by atoms with Gasteiger partial charge in [0, 0.05) is 11.0 Å². The molecule has 1 N–H and O–H groups in total. The van der Waals surface area contributed by atoms with Crippen LogP contribution in [0.3, 0.4) is 0 Å². The Morgan fingerprint density at radius 2 is 1.81 bits per heavy atom. The minimum atomic E-state index is -4.04. The van der Waals surface area contributed by atoms with E-state index in [-0.39, 0.29) is 17.1 Å². The summed E-state index contributed by atoms with van der Waals surface area (Å²) < 4.78 is 47.7. The fourth-order valence-corrected chi connectivity index (χ4v) is 4.92. The van der Waals surface area contributed by atoms with Gasteiger partial charge in [0.25, 0.3) is 0 Å². The third-order valence-corrected chi connectivity index (χ3v) is 7.01. The molecule has 0 aromatic heterocycles. The van der Waals surface area contributed by atoms with E-state index in [1.807, 2.05) is 6.07 Å². The second-order valence-corrected chi connectivity index (χ2v) is 9.92. The van der Waals surface area contributed by atoms with E-state index in [2.05, 4.69) is 21.2 Å². The molecule has 3 rings (SSSR count). The van der Waals surface area contributed by atoms with E-state index in [0.29, 0.717) is 21.3 Å². The highest BCUT2D eigenvalue weighted by molar-refractivity contribution is 9.10. The molecule has 9 heteroatoms. The molecule has 0 atom stereocenters. The van der Waals surface area contributed by atoms with Crippen LogP contribution in [0.25, 0.3) is 0 Å². The molecule has 32 heavy (non-hydrogen) atoms. The van der Waals surface area contributed by atoms with Crippen molar-refractivity contribution in [2.75, 3.05) is 19.0 Å². The summed E-state index contributed by atoms with van der Waals surface area (Å²) in [5.74, 6) is -0.728. The maximum atomic E-state index is 14.1. The van der Waals surface area contributed by atoms with Crippen molar-refractivity contribution < 1.29 is 22.3 Å². The number of nitrogens with zero attached hydrogens (tertiary/aromatic N) is 1. The number of hydrogen-bond donors (Lipinski definition) is 1. The molecule has 0 fully saturated rings. The molecule has 0 saturated carbocycles. The van der Waals surface area contributed by atoms with Crippen LogP contribution < -0.4 is 10.1 Å². The summed E-state index contributed by atoms with van der Waals surface area (Å²) in [5.41, 5.74) is 1.33. The van der Waals surface area contributed by atoms with Crippen molar-refractivity contribution >= 4 is 37.5 Å². The zero-order chi connectivity index (χ0) is 23.3. The minimum absolute atomic E-state index is 0.0233. The van der Waals surface area contributed by atoms with E-state index in [9.17, 15) is 17.6 Å². The number of anilines is 1. The normalized spacial score (nSPS) is 11.4. The van der Waals surface area contributed by atoms with Crippen molar-refractivity contribution in [3.8, 4) is 5.75 Å². The molecule has 6 nitrogen and oxygen atoms in total. The first kappa shape index (κ1) is 23.9. The van der Waals surface area contributed by atoms with Crippen LogP contribution >= 0.6 is 15.9 Å². The van der Waals surface area contributed by atoms with Crippen molar-refractivity contribution in [1.82, 2.24) is 4.31 Å². The van der Waals surface area contributed by atoms with Crippen LogP contribution in [-0.4, -0.2) is 32.3 Å². The molecule has 0 bridgehead atoms. The van der Waals surface area contributed by atoms with Crippen LogP contribution in [0.1, 0.15) is 11.1 Å². The number of hydrogen-bond acceptors (Lipinski definition) is 4. The summed E-state index contributed by atoms with van der Waals surface area (Å²) >= 11 is 3.16. The number of aryl methyl sites for hydroxylation is 1. The van der Waals surface area contributed by atoms with Gasteiger partial charge >= 0.3 is 0 Å². The Kier molecular flexibility index (Phi) is 7.65. The summed E-state index contributed by atoms with van der Waals surface area (Å²) in [6.07, 6.45) is 0. The predicted molar refractivity (Wildman–Crippen MR) is 124 cm³/mol. The monoisotopic (exact) mass is 520 g/mol. The van der Waals surface area contributed by atoms with Crippen LogP contribution in [0.2, 0.25) is 0 Å². The third kappa shape index (κ3) is 5.73. The average Bonchev–Trinajstić information content (AvgIpc) is 2.76. The summed E-state index contributed by atoms with van der Waals surface area (Å²) in [4.78, 5) is 12.7. The van der Waals surface area contributed by atoms with Crippen molar-refractivity contribution in [3.63, 3.8) is 0 Å². The number of carbonyl (C=O) groups is 1. The zero-order valence-electron chi connectivity index (χ0n) is 17.5. The van der Waals surface area contributed by atoms with Crippen molar-refractivity contribution in [2.24, 2.45) is 0 Å². The Bertz CT molecular complexity index is 1220. The van der Waals surface area contributed by atoms with E-state index in [1.54, 1.807) is 43.3 Å². The highest BCUT2D eigenvalue weighted by atomic mass is 79.9. The number of methoxy groups -OCH3 is 1. The summed E-state index contributed by atoms with van der Waals surface area (Å²) in [7, 11) is -2.53. The molecule has 0 saturated heterocycles. The Morgan fingerprint density at radius 1 is 1.09 bits per heavy atom. The lowest BCUT2D eigenvalue weighted by atomic mass is 10.2. The molecule has 0 heterocycles. The molecule has 0 aliphatic heterocycles. The van der Waals surface area contributed by atoms with Crippen LogP contribution in [0.15, 0.2) is 76.1 Å². The fourth-order valence-electron chi connectivity index (χ4n) is 3.11. The zero-order valence-corrected chi connectivity index (χ0v) is 19.9. The highest BCUT2D eigenvalue weighted by Crippen LogP contribution is 2.25. The van der Waals surface area contributed by atoms with Crippen LogP contribution in [0.5, 0.6) is 5.75 Å². The molecule has 0 radical (unpaired) electrons. The standard InChI is InChI=1S/C23H22BrFN2O4S/c1-16-12-19(9-11-22(16)31-2)32(29,30)27(14-17-6-4-3-5-7-17)15-23(28)26-21-10-8-18(24)13-20(21)25/h3-13H,14-15H2,1-2H3,(H,26,28). The molecule has 3 aromatic rings. The topological polar surface area (TPSA) is 75.7 Å². The molecule has 3 aromatic carbocycles. The molecule has 0 unspecified atom stereocenters. The van der Waals surface area contributed by atoms with Gasteiger partial charge in [0.1, 0.15) is 11.6 Å². The lowest BCUT2D eigenvalue weighted by molar-refractivity contribution is -0.116. The quantitative estimate of drug-likeness (QED) is 0.465. The Hall–Kier alpha value is -2.75. The molecule has 0 aliphatic carbocycles. The number of nitrogens with one attached hydrogen (secondary N) is 1. The van der Waals surface area contributed by atoms with Crippen LogP contribution in [0, 0.1) is 12.7 Å². The van der Waals surface area contributed by atoms with Gasteiger partial charge in [-0.25, -0.2) is 12.8 Å². The number of sulfonamides is 1. The molecular formula is C23H22BrFN2O4S. The van der Waals surface area contributed by atoms with Crippen molar-refractivity contribution in [2.45, 2.75) is 18.4 Å². The van der Waals surface area contributed by atoms with E-state index in [0.717, 1.165) is 4.31 Å². The minimum Gasteiger partial charge on any atom is -0.496 e. The number of rotatable bonds is 8. The van der Waals surface area contributed by atoms with Gasteiger partial charge in [-0.2, -0.15) is 4.31 Å². The van der Waals surface area contributed by atoms with E-state index in [4.69, 9.17) is 4.74 Å². The number of halogens is 2. The van der Waals surface area contributed by atoms with Gasteiger partial charge in [0.15, 0.2) is 0 Å². The number of amides is 1. The third-order valence-electron chi connectivity index (χ3n) is 4.73. The second-order valence-electron chi connectivity index (χ2n) is 7.06. The number of ether oxygens (including phenoxy) is 1. The molecule has 168 valence electrons. The van der Waals surface area contributed by atoms with E-state index >= 15 is 0 Å². The van der Waals surface area contributed by atoms with Gasteiger partial charge in [0.05, 0.1) is 24.2 Å². The lowest BCUT2D eigenvalue weighted by Crippen LogP contribution is -2.37. The predicted octanol–water partition coefficient (Wildman–Crippen LogP) is 4.73. The van der Waals surface area contributed by atoms with Crippen molar-refractivity contribution in [1.29, 1.82) is 0 Å². The number of carbonyl (C=O) groups excluding carboxylic acids is 1. The van der Waals surface area contributed by atoms with E-state index < -0.39 is 28.3 Å². The Morgan fingerprint density at radius 3 is 2.44 bits per heavy atom.